The molecule has 0 bridgehead atoms. The predicted octanol–water partition coefficient (Wildman–Crippen LogP) is 4.28. The summed E-state index contributed by atoms with van der Waals surface area (Å²) in [7, 11) is 0. The SMILES string of the molecule is CCc1ccc(C(O)Cc2nc(C(C)(C)C)cs2)cc1. The van der Waals surface area contributed by atoms with Gasteiger partial charge in [0.15, 0.2) is 0 Å². The molecule has 1 N–H and O–H groups in total. The number of hydrogen-bond acceptors (Lipinski definition) is 3. The molecular formula is C17H23NOS. The van der Waals surface area contributed by atoms with Gasteiger partial charge in [-0.1, -0.05) is 52.0 Å². The number of aliphatic hydroxyl groups is 1. The Labute approximate surface area is 125 Å². The van der Waals surface area contributed by atoms with E-state index >= 15 is 0 Å². The lowest BCUT2D eigenvalue weighted by Gasteiger charge is -2.14. The highest BCUT2D eigenvalue weighted by Crippen LogP contribution is 2.26. The normalized spacial score (nSPS) is 13.4. The molecule has 0 aliphatic carbocycles. The van der Waals surface area contributed by atoms with Crippen molar-refractivity contribution < 1.29 is 5.11 Å². The first-order valence-corrected chi connectivity index (χ1v) is 8.00. The number of hydrogen-bond donors (Lipinski definition) is 1. The van der Waals surface area contributed by atoms with Gasteiger partial charge in [0, 0.05) is 17.2 Å². The lowest BCUT2D eigenvalue weighted by atomic mass is 9.93. The fraction of sp³-hybridized carbons (Fsp3) is 0.471. The van der Waals surface area contributed by atoms with Crippen LogP contribution in [0.15, 0.2) is 29.6 Å². The van der Waals surface area contributed by atoms with Crippen molar-refractivity contribution in [3.8, 4) is 0 Å². The van der Waals surface area contributed by atoms with Crippen LogP contribution in [-0.4, -0.2) is 10.1 Å². The van der Waals surface area contributed by atoms with Crippen molar-refractivity contribution in [1.29, 1.82) is 0 Å². The summed E-state index contributed by atoms with van der Waals surface area (Å²) in [5.41, 5.74) is 3.44. The first-order valence-electron chi connectivity index (χ1n) is 7.12. The van der Waals surface area contributed by atoms with E-state index in [0.717, 1.165) is 22.7 Å². The Bertz CT molecular complexity index is 551. The van der Waals surface area contributed by atoms with Gasteiger partial charge in [-0.3, -0.25) is 0 Å². The number of aromatic nitrogens is 1. The van der Waals surface area contributed by atoms with Crippen molar-refractivity contribution in [3.05, 3.63) is 51.5 Å². The van der Waals surface area contributed by atoms with Gasteiger partial charge in [0.2, 0.25) is 0 Å². The van der Waals surface area contributed by atoms with Crippen LogP contribution in [0.5, 0.6) is 0 Å². The first-order chi connectivity index (χ1) is 9.40. The maximum absolute atomic E-state index is 10.3. The van der Waals surface area contributed by atoms with E-state index in [-0.39, 0.29) is 5.41 Å². The Morgan fingerprint density at radius 3 is 2.35 bits per heavy atom. The van der Waals surface area contributed by atoms with Crippen molar-refractivity contribution in [1.82, 2.24) is 4.98 Å². The van der Waals surface area contributed by atoms with Gasteiger partial charge < -0.3 is 5.11 Å². The monoisotopic (exact) mass is 289 g/mol. The molecule has 1 atom stereocenters. The average Bonchev–Trinajstić information content (AvgIpc) is 2.87. The molecule has 2 aromatic rings. The highest BCUT2D eigenvalue weighted by atomic mass is 32.1. The zero-order valence-corrected chi connectivity index (χ0v) is 13.5. The molecule has 1 aromatic carbocycles. The zero-order valence-electron chi connectivity index (χ0n) is 12.7. The third-order valence-electron chi connectivity index (χ3n) is 3.46. The van der Waals surface area contributed by atoms with Gasteiger partial charge in [0.1, 0.15) is 0 Å². The number of benzene rings is 1. The molecule has 108 valence electrons. The van der Waals surface area contributed by atoms with E-state index in [9.17, 15) is 5.11 Å². The minimum Gasteiger partial charge on any atom is -0.388 e. The van der Waals surface area contributed by atoms with Crippen molar-refractivity contribution in [3.63, 3.8) is 0 Å². The smallest absolute Gasteiger partial charge is 0.0957 e. The van der Waals surface area contributed by atoms with Crippen LogP contribution in [0, 0.1) is 0 Å². The summed E-state index contributed by atoms with van der Waals surface area (Å²) in [6, 6.07) is 8.20. The Morgan fingerprint density at radius 2 is 1.85 bits per heavy atom. The number of aryl methyl sites for hydroxylation is 1. The molecule has 0 aliphatic heterocycles. The summed E-state index contributed by atoms with van der Waals surface area (Å²) in [5.74, 6) is 0. The maximum atomic E-state index is 10.3. The van der Waals surface area contributed by atoms with Gasteiger partial charge in [-0.05, 0) is 17.5 Å². The van der Waals surface area contributed by atoms with Crippen molar-refractivity contribution >= 4 is 11.3 Å². The standard InChI is InChI=1S/C17H23NOS/c1-5-12-6-8-13(9-7-12)14(19)10-16-18-15(11-20-16)17(2,3)4/h6-9,11,14,19H,5,10H2,1-4H3. The van der Waals surface area contributed by atoms with Crippen LogP contribution in [0.1, 0.15) is 55.6 Å². The molecule has 0 amide bonds. The molecule has 0 saturated carbocycles. The van der Waals surface area contributed by atoms with Gasteiger partial charge >= 0.3 is 0 Å². The summed E-state index contributed by atoms with van der Waals surface area (Å²) < 4.78 is 0. The summed E-state index contributed by atoms with van der Waals surface area (Å²) in [6.45, 7) is 8.61. The molecule has 0 radical (unpaired) electrons. The summed E-state index contributed by atoms with van der Waals surface area (Å²) in [6.07, 6.45) is 1.14. The second-order valence-corrected chi connectivity index (χ2v) is 7.13. The minimum atomic E-state index is -0.472. The highest BCUT2D eigenvalue weighted by molar-refractivity contribution is 7.09. The largest absolute Gasteiger partial charge is 0.388 e. The molecule has 0 saturated heterocycles. The highest BCUT2D eigenvalue weighted by Gasteiger charge is 2.18. The molecule has 2 nitrogen and oxygen atoms in total. The van der Waals surface area contributed by atoms with Crippen LogP contribution < -0.4 is 0 Å². The predicted molar refractivity (Wildman–Crippen MR) is 85.3 cm³/mol. The third-order valence-corrected chi connectivity index (χ3v) is 4.33. The average molecular weight is 289 g/mol. The van der Waals surface area contributed by atoms with Crippen molar-refractivity contribution in [2.24, 2.45) is 0 Å². The number of nitrogens with zero attached hydrogens (tertiary/aromatic N) is 1. The molecule has 0 fully saturated rings. The Hall–Kier alpha value is -1.19. The van der Waals surface area contributed by atoms with Crippen LogP contribution in [-0.2, 0) is 18.3 Å². The van der Waals surface area contributed by atoms with Crippen molar-refractivity contribution in [2.75, 3.05) is 0 Å². The Kier molecular flexibility index (Phi) is 4.61. The van der Waals surface area contributed by atoms with Gasteiger partial charge in [-0.15, -0.1) is 11.3 Å². The summed E-state index contributed by atoms with van der Waals surface area (Å²) in [5, 5.41) is 13.4. The van der Waals surface area contributed by atoms with E-state index in [1.54, 1.807) is 11.3 Å². The number of rotatable bonds is 4. The molecule has 1 aromatic heterocycles. The van der Waals surface area contributed by atoms with E-state index in [1.165, 1.54) is 5.56 Å². The molecule has 1 heterocycles. The lowest BCUT2D eigenvalue weighted by Crippen LogP contribution is -2.12. The van der Waals surface area contributed by atoms with E-state index in [2.05, 4.69) is 50.2 Å². The van der Waals surface area contributed by atoms with E-state index < -0.39 is 6.10 Å². The summed E-state index contributed by atoms with van der Waals surface area (Å²) in [4.78, 5) is 4.64. The molecule has 20 heavy (non-hydrogen) atoms. The fourth-order valence-corrected chi connectivity index (χ4v) is 3.07. The van der Waals surface area contributed by atoms with Gasteiger partial charge in [-0.25, -0.2) is 4.98 Å². The second kappa shape index (κ2) is 6.06. The fourth-order valence-electron chi connectivity index (χ4n) is 2.01. The van der Waals surface area contributed by atoms with Crippen LogP contribution >= 0.6 is 11.3 Å². The molecular weight excluding hydrogens is 266 g/mol. The van der Waals surface area contributed by atoms with Gasteiger partial charge in [0.05, 0.1) is 16.8 Å². The minimum absolute atomic E-state index is 0.0719. The zero-order chi connectivity index (χ0) is 14.8. The van der Waals surface area contributed by atoms with E-state index in [1.807, 2.05) is 12.1 Å². The molecule has 2 rings (SSSR count). The van der Waals surface area contributed by atoms with Crippen LogP contribution in [0.2, 0.25) is 0 Å². The Morgan fingerprint density at radius 1 is 1.20 bits per heavy atom. The first kappa shape index (κ1) is 15.2. The van der Waals surface area contributed by atoms with Crippen LogP contribution in [0.25, 0.3) is 0 Å². The summed E-state index contributed by atoms with van der Waals surface area (Å²) >= 11 is 1.64. The maximum Gasteiger partial charge on any atom is 0.0957 e. The quantitative estimate of drug-likeness (QED) is 0.911. The van der Waals surface area contributed by atoms with Crippen LogP contribution in [0.3, 0.4) is 0 Å². The number of aliphatic hydroxyl groups excluding tert-OH is 1. The molecule has 1 unspecified atom stereocenters. The Balaban J connectivity index is 2.07. The lowest BCUT2D eigenvalue weighted by molar-refractivity contribution is 0.178. The van der Waals surface area contributed by atoms with E-state index in [4.69, 9.17) is 0 Å². The molecule has 0 aliphatic rings. The van der Waals surface area contributed by atoms with Gasteiger partial charge in [-0.2, -0.15) is 0 Å². The van der Waals surface area contributed by atoms with Crippen molar-refractivity contribution in [2.45, 2.75) is 52.1 Å². The van der Waals surface area contributed by atoms with E-state index in [0.29, 0.717) is 6.42 Å². The second-order valence-electron chi connectivity index (χ2n) is 6.19. The number of thiazole rings is 1. The molecule has 3 heteroatoms. The topological polar surface area (TPSA) is 33.1 Å². The molecule has 0 spiro atoms. The third kappa shape index (κ3) is 3.68. The van der Waals surface area contributed by atoms with Crippen LogP contribution in [0.4, 0.5) is 0 Å². The van der Waals surface area contributed by atoms with Gasteiger partial charge in [0.25, 0.3) is 0 Å².